The molecule has 0 aliphatic heterocycles. The molecule has 0 unspecified atom stereocenters. The first-order chi connectivity index (χ1) is 18.1. The second kappa shape index (κ2) is 13.4. The molecule has 0 bridgehead atoms. The normalized spacial score (nSPS) is 11.9. The van der Waals surface area contributed by atoms with Gasteiger partial charge in [0.25, 0.3) is 0 Å². The first kappa shape index (κ1) is 26.2. The summed E-state index contributed by atoms with van der Waals surface area (Å²) >= 11 is 0. The zero-order valence-electron chi connectivity index (χ0n) is 20.9. The molecule has 0 atom stereocenters. The highest BCUT2D eigenvalue weighted by Gasteiger charge is 2.28. The summed E-state index contributed by atoms with van der Waals surface area (Å²) in [5.41, 5.74) is 5.50. The van der Waals surface area contributed by atoms with Gasteiger partial charge in [-0.3, -0.25) is 4.79 Å². The molecule has 2 N–H and O–H groups in total. The van der Waals surface area contributed by atoms with Crippen LogP contribution in [0.4, 0.5) is 10.5 Å². The fraction of sp³-hybridized carbons (Fsp3) is 0.310. The second-order valence-electron chi connectivity index (χ2n) is 8.53. The molecule has 4 rings (SSSR count). The van der Waals surface area contributed by atoms with E-state index < -0.39 is 6.09 Å². The first-order valence-electron chi connectivity index (χ1n) is 12.4. The molecule has 0 saturated heterocycles. The molecule has 2 amide bonds. The number of fused-ring (bicyclic) bond motifs is 3. The predicted molar refractivity (Wildman–Crippen MR) is 141 cm³/mol. The van der Waals surface area contributed by atoms with Crippen LogP contribution in [-0.4, -0.2) is 58.2 Å². The van der Waals surface area contributed by atoms with Crippen molar-refractivity contribution in [1.29, 1.82) is 0 Å². The summed E-state index contributed by atoms with van der Waals surface area (Å²) in [4.78, 5) is 23.2. The van der Waals surface area contributed by atoms with Gasteiger partial charge in [-0.2, -0.15) is 0 Å². The van der Waals surface area contributed by atoms with E-state index in [4.69, 9.17) is 18.9 Å². The fourth-order valence-corrected chi connectivity index (χ4v) is 4.25. The molecule has 0 saturated carbocycles. The smallest absolute Gasteiger partial charge is 0.407 e. The van der Waals surface area contributed by atoms with Crippen molar-refractivity contribution in [2.24, 2.45) is 0 Å². The van der Waals surface area contributed by atoms with Crippen molar-refractivity contribution in [2.75, 3.05) is 51.5 Å². The topological polar surface area (TPSA) is 95.1 Å². The highest BCUT2D eigenvalue weighted by Crippen LogP contribution is 2.44. The van der Waals surface area contributed by atoms with Crippen molar-refractivity contribution in [1.82, 2.24) is 5.32 Å². The number of carbonyl (C=O) groups is 2. The zero-order chi connectivity index (χ0) is 25.9. The van der Waals surface area contributed by atoms with Gasteiger partial charge < -0.3 is 29.6 Å². The van der Waals surface area contributed by atoms with Crippen molar-refractivity contribution in [2.45, 2.75) is 12.8 Å². The highest BCUT2D eigenvalue weighted by molar-refractivity contribution is 5.88. The van der Waals surface area contributed by atoms with Gasteiger partial charge in [0.1, 0.15) is 19.0 Å². The molecule has 0 spiro atoms. The molecule has 3 aromatic carbocycles. The van der Waals surface area contributed by atoms with Gasteiger partial charge in [-0.05, 0) is 46.5 Å². The molecule has 0 aromatic heterocycles. The van der Waals surface area contributed by atoms with Crippen molar-refractivity contribution < 1.29 is 28.5 Å². The number of carbonyl (C=O) groups excluding carboxylic acids is 2. The van der Waals surface area contributed by atoms with E-state index in [0.717, 1.165) is 5.69 Å². The molecule has 8 heteroatoms. The minimum Gasteiger partial charge on any atom is -0.491 e. The van der Waals surface area contributed by atoms with Crippen LogP contribution in [0.2, 0.25) is 0 Å². The van der Waals surface area contributed by atoms with Gasteiger partial charge in [0, 0.05) is 25.1 Å². The number of benzene rings is 3. The van der Waals surface area contributed by atoms with E-state index in [-0.39, 0.29) is 18.4 Å². The van der Waals surface area contributed by atoms with E-state index in [1.165, 1.54) is 29.2 Å². The number of hydrogen-bond donors (Lipinski definition) is 2. The lowest BCUT2D eigenvalue weighted by Crippen LogP contribution is -2.29. The van der Waals surface area contributed by atoms with Crippen LogP contribution in [0, 0.1) is 0 Å². The van der Waals surface area contributed by atoms with Crippen LogP contribution in [0.25, 0.3) is 11.1 Å². The van der Waals surface area contributed by atoms with E-state index in [9.17, 15) is 9.59 Å². The number of anilines is 1. The summed E-state index contributed by atoms with van der Waals surface area (Å²) in [6.45, 7) is 4.15. The maximum Gasteiger partial charge on any atom is 0.407 e. The Hall–Kier alpha value is -3.88. The van der Waals surface area contributed by atoms with Crippen LogP contribution in [0.1, 0.15) is 24.0 Å². The van der Waals surface area contributed by atoms with Gasteiger partial charge in [0.15, 0.2) is 0 Å². The number of hydrogen-bond acceptors (Lipinski definition) is 6. The molecule has 0 fully saturated rings. The molecular weight excluding hydrogens is 472 g/mol. The number of ether oxygens (including phenoxy) is 4. The summed E-state index contributed by atoms with van der Waals surface area (Å²) in [5, 5.41) is 5.43. The minimum absolute atomic E-state index is 0.0404. The maximum absolute atomic E-state index is 12.2. The van der Waals surface area contributed by atoms with Crippen LogP contribution in [0.5, 0.6) is 5.75 Å². The van der Waals surface area contributed by atoms with E-state index >= 15 is 0 Å². The summed E-state index contributed by atoms with van der Waals surface area (Å²) < 4.78 is 22.1. The Morgan fingerprint density at radius 2 is 1.35 bits per heavy atom. The zero-order valence-corrected chi connectivity index (χ0v) is 20.9. The number of amides is 2. The monoisotopic (exact) mass is 504 g/mol. The van der Waals surface area contributed by atoms with E-state index in [0.29, 0.717) is 45.3 Å². The second-order valence-corrected chi connectivity index (χ2v) is 8.53. The number of rotatable bonds is 13. The lowest BCUT2D eigenvalue weighted by Gasteiger charge is -2.14. The van der Waals surface area contributed by atoms with Gasteiger partial charge in [-0.25, -0.2) is 4.79 Å². The fourth-order valence-electron chi connectivity index (χ4n) is 4.25. The van der Waals surface area contributed by atoms with Gasteiger partial charge in [0.05, 0.1) is 26.4 Å². The Morgan fingerprint density at radius 1 is 0.757 bits per heavy atom. The van der Waals surface area contributed by atoms with Crippen LogP contribution in [-0.2, 0) is 19.0 Å². The van der Waals surface area contributed by atoms with Crippen molar-refractivity contribution in [3.05, 3.63) is 83.9 Å². The highest BCUT2D eigenvalue weighted by atomic mass is 16.6. The molecule has 37 heavy (non-hydrogen) atoms. The van der Waals surface area contributed by atoms with Crippen molar-refractivity contribution in [3.63, 3.8) is 0 Å². The van der Waals surface area contributed by atoms with E-state index in [2.05, 4.69) is 34.9 Å². The Morgan fingerprint density at radius 3 is 2.00 bits per heavy atom. The molecule has 3 aromatic rings. The largest absolute Gasteiger partial charge is 0.491 e. The third-order valence-electron chi connectivity index (χ3n) is 5.90. The number of nitrogens with one attached hydrogen (secondary N) is 2. The Labute approximate surface area is 216 Å². The van der Waals surface area contributed by atoms with Gasteiger partial charge in [0.2, 0.25) is 5.91 Å². The molecule has 0 radical (unpaired) electrons. The standard InChI is InChI=1S/C29H32N2O6/c1-21(32)31-22-10-12-23(13-11-22)36-19-18-35-17-16-34-15-14-30-29(33)37-20-28-26-8-4-2-6-24(26)25-7-3-5-9-27(25)28/h2-13,28H,14-20H2,1H3,(H,30,33)(H,31,32). The third-order valence-corrected chi connectivity index (χ3v) is 5.90. The maximum atomic E-state index is 12.2. The predicted octanol–water partition coefficient (Wildman–Crippen LogP) is 4.60. The average Bonchev–Trinajstić information content (AvgIpc) is 3.23. The molecule has 8 nitrogen and oxygen atoms in total. The minimum atomic E-state index is -0.455. The van der Waals surface area contributed by atoms with E-state index in [1.807, 2.05) is 24.3 Å². The van der Waals surface area contributed by atoms with Gasteiger partial charge in [-0.15, -0.1) is 0 Å². The summed E-state index contributed by atoms with van der Waals surface area (Å²) in [6, 6.07) is 23.6. The van der Waals surface area contributed by atoms with Crippen LogP contribution < -0.4 is 15.4 Å². The molecule has 1 aliphatic carbocycles. The van der Waals surface area contributed by atoms with Crippen LogP contribution in [0.15, 0.2) is 72.8 Å². The molecule has 194 valence electrons. The van der Waals surface area contributed by atoms with Crippen LogP contribution >= 0.6 is 0 Å². The summed E-state index contributed by atoms with van der Waals surface area (Å²) in [5.74, 6) is 0.629. The Bertz CT molecular complexity index is 1140. The van der Waals surface area contributed by atoms with Crippen molar-refractivity contribution >= 4 is 17.7 Å². The quantitative estimate of drug-likeness (QED) is 0.331. The third kappa shape index (κ3) is 7.55. The van der Waals surface area contributed by atoms with Gasteiger partial charge >= 0.3 is 6.09 Å². The molecular formula is C29H32N2O6. The summed E-state index contributed by atoms with van der Waals surface area (Å²) in [7, 11) is 0. The average molecular weight is 505 g/mol. The first-order valence-corrected chi connectivity index (χ1v) is 12.4. The Kier molecular flexibility index (Phi) is 9.51. The Balaban J connectivity index is 1.03. The summed E-state index contributed by atoms with van der Waals surface area (Å²) in [6.07, 6.45) is -0.455. The van der Waals surface area contributed by atoms with Crippen molar-refractivity contribution in [3.8, 4) is 16.9 Å². The number of alkyl carbamates (subject to hydrolysis) is 1. The lowest BCUT2D eigenvalue weighted by molar-refractivity contribution is -0.114. The van der Waals surface area contributed by atoms with E-state index in [1.54, 1.807) is 24.3 Å². The van der Waals surface area contributed by atoms with Crippen LogP contribution in [0.3, 0.4) is 0 Å². The van der Waals surface area contributed by atoms with Gasteiger partial charge in [-0.1, -0.05) is 48.5 Å². The molecule has 0 heterocycles. The molecule has 1 aliphatic rings. The lowest BCUT2D eigenvalue weighted by atomic mass is 9.98. The SMILES string of the molecule is CC(=O)Nc1ccc(OCCOCCOCCNC(=O)OCC2c3ccccc3-c3ccccc32)cc1.